The fourth-order valence-corrected chi connectivity index (χ4v) is 3.20. The Balaban J connectivity index is 1.95. The van der Waals surface area contributed by atoms with Gasteiger partial charge in [0, 0.05) is 17.0 Å². The summed E-state index contributed by atoms with van der Waals surface area (Å²) in [5, 5.41) is 10.3. The van der Waals surface area contributed by atoms with Crippen LogP contribution in [-0.4, -0.2) is 41.9 Å². The Hall–Kier alpha value is -1.85. The third kappa shape index (κ3) is 2.22. The van der Waals surface area contributed by atoms with Crippen molar-refractivity contribution in [1.82, 2.24) is 4.90 Å². The quantitative estimate of drug-likeness (QED) is 0.879. The average molecular weight is 308 g/mol. The summed E-state index contributed by atoms with van der Waals surface area (Å²) in [5.74, 6) is -2.32. The minimum absolute atomic E-state index is 0.189. The fraction of sp³-hybridized carbons (Fsp3) is 0.333. The second kappa shape index (κ2) is 4.86. The number of fused-ring (bicyclic) bond motifs is 1. The Morgan fingerprint density at radius 2 is 2.00 bits per heavy atom. The molecule has 0 amide bonds. The lowest BCUT2D eigenvalue weighted by Crippen LogP contribution is -2.20. The number of nitrogens with zero attached hydrogens (tertiary/aromatic N) is 1. The van der Waals surface area contributed by atoms with E-state index in [0.29, 0.717) is 16.2 Å². The molecule has 6 heteroatoms. The molecule has 1 fully saturated rings. The van der Waals surface area contributed by atoms with E-state index in [0.717, 1.165) is 5.39 Å². The summed E-state index contributed by atoms with van der Waals surface area (Å²) < 4.78 is 5.23. The van der Waals surface area contributed by atoms with Crippen LogP contribution in [0.15, 0.2) is 28.9 Å². The molecule has 1 aromatic heterocycles. The lowest BCUT2D eigenvalue weighted by atomic mass is 10.0. The van der Waals surface area contributed by atoms with Gasteiger partial charge in [0.25, 0.3) is 0 Å². The molecule has 3 unspecified atom stereocenters. The SMILES string of the molecule is CN(C)C1C(C(=O)O)C1C(=O)c1cc(Cl)c2occc2c1. The number of carboxylic acid groups (broad SMARTS) is 1. The second-order valence-electron chi connectivity index (χ2n) is 5.51. The number of benzene rings is 1. The number of rotatable bonds is 4. The number of hydrogen-bond donors (Lipinski definition) is 1. The van der Waals surface area contributed by atoms with Crippen LogP contribution in [0.2, 0.25) is 5.02 Å². The summed E-state index contributed by atoms with van der Waals surface area (Å²) in [6.07, 6.45) is 1.50. The van der Waals surface area contributed by atoms with Gasteiger partial charge in [0.2, 0.25) is 0 Å². The Bertz CT molecular complexity index is 736. The summed E-state index contributed by atoms with van der Waals surface area (Å²) in [4.78, 5) is 25.6. The van der Waals surface area contributed by atoms with Gasteiger partial charge in [-0.05, 0) is 32.3 Å². The molecule has 0 aliphatic heterocycles. The van der Waals surface area contributed by atoms with Crippen LogP contribution in [0.3, 0.4) is 0 Å². The first-order chi connectivity index (χ1) is 9.91. The van der Waals surface area contributed by atoms with E-state index in [1.54, 1.807) is 37.2 Å². The smallest absolute Gasteiger partial charge is 0.308 e. The summed E-state index contributed by atoms with van der Waals surface area (Å²) in [7, 11) is 3.56. The zero-order valence-electron chi connectivity index (χ0n) is 11.5. The summed E-state index contributed by atoms with van der Waals surface area (Å²) >= 11 is 6.10. The largest absolute Gasteiger partial charge is 0.481 e. The Morgan fingerprint density at radius 1 is 1.29 bits per heavy atom. The van der Waals surface area contributed by atoms with Crippen LogP contribution in [-0.2, 0) is 4.79 Å². The molecule has 1 N–H and O–H groups in total. The average Bonchev–Trinajstić information content (AvgIpc) is 3.00. The third-order valence-electron chi connectivity index (χ3n) is 3.96. The van der Waals surface area contributed by atoms with Crippen molar-refractivity contribution in [2.75, 3.05) is 14.1 Å². The molecule has 0 saturated heterocycles. The second-order valence-corrected chi connectivity index (χ2v) is 5.91. The first-order valence-electron chi connectivity index (χ1n) is 6.52. The van der Waals surface area contributed by atoms with E-state index in [-0.39, 0.29) is 11.8 Å². The zero-order chi connectivity index (χ0) is 15.3. The molecule has 1 aliphatic carbocycles. The van der Waals surface area contributed by atoms with Crippen molar-refractivity contribution >= 4 is 34.3 Å². The Kier molecular flexibility index (Phi) is 3.26. The third-order valence-corrected chi connectivity index (χ3v) is 4.24. The highest BCUT2D eigenvalue weighted by Gasteiger charge is 2.60. The summed E-state index contributed by atoms with van der Waals surface area (Å²) in [6, 6.07) is 4.69. The molecule has 2 aromatic rings. The molecular weight excluding hydrogens is 294 g/mol. The predicted octanol–water partition coefficient (Wildman–Crippen LogP) is 2.53. The van der Waals surface area contributed by atoms with Crippen molar-refractivity contribution in [3.8, 4) is 0 Å². The number of ketones is 1. The first-order valence-corrected chi connectivity index (χ1v) is 6.90. The van der Waals surface area contributed by atoms with E-state index >= 15 is 0 Å². The number of carbonyl (C=O) groups is 2. The van der Waals surface area contributed by atoms with Crippen LogP contribution in [0.4, 0.5) is 0 Å². The molecule has 0 radical (unpaired) electrons. The molecule has 1 saturated carbocycles. The number of aliphatic carboxylic acids is 1. The molecule has 1 heterocycles. The normalized spacial score (nSPS) is 24.5. The highest BCUT2D eigenvalue weighted by molar-refractivity contribution is 6.35. The van der Waals surface area contributed by atoms with Gasteiger partial charge in [-0.3, -0.25) is 9.59 Å². The summed E-state index contributed by atoms with van der Waals surface area (Å²) in [5.41, 5.74) is 0.956. The van der Waals surface area contributed by atoms with Gasteiger partial charge >= 0.3 is 5.97 Å². The molecule has 110 valence electrons. The molecule has 3 atom stereocenters. The predicted molar refractivity (Wildman–Crippen MR) is 77.6 cm³/mol. The lowest BCUT2D eigenvalue weighted by molar-refractivity contribution is -0.139. The van der Waals surface area contributed by atoms with Gasteiger partial charge in [0.15, 0.2) is 11.4 Å². The lowest BCUT2D eigenvalue weighted by Gasteiger charge is -2.08. The molecule has 3 rings (SSSR count). The number of carbonyl (C=O) groups excluding carboxylic acids is 1. The minimum atomic E-state index is -0.942. The Morgan fingerprint density at radius 3 is 2.57 bits per heavy atom. The molecule has 0 bridgehead atoms. The standard InChI is InChI=1S/C15H14ClNO4/c1-17(2)12-10(11(12)15(19)20)13(18)8-5-7-3-4-21-14(7)9(16)6-8/h3-6,10-12H,1-2H3,(H,19,20). The number of halogens is 1. The maximum absolute atomic E-state index is 12.6. The molecule has 1 aromatic carbocycles. The monoisotopic (exact) mass is 307 g/mol. The van der Waals surface area contributed by atoms with Crippen LogP contribution >= 0.6 is 11.6 Å². The van der Waals surface area contributed by atoms with Crippen LogP contribution in [0.25, 0.3) is 11.0 Å². The van der Waals surface area contributed by atoms with Crippen molar-refractivity contribution in [3.63, 3.8) is 0 Å². The molecule has 21 heavy (non-hydrogen) atoms. The number of furan rings is 1. The van der Waals surface area contributed by atoms with E-state index in [4.69, 9.17) is 16.0 Å². The van der Waals surface area contributed by atoms with Crippen molar-refractivity contribution in [2.24, 2.45) is 11.8 Å². The van der Waals surface area contributed by atoms with Crippen molar-refractivity contribution < 1.29 is 19.1 Å². The summed E-state index contributed by atoms with van der Waals surface area (Å²) in [6.45, 7) is 0. The number of Topliss-reactive ketones (excluding diaryl/α,β-unsaturated/α-hetero) is 1. The van der Waals surface area contributed by atoms with Gasteiger partial charge in [-0.2, -0.15) is 0 Å². The number of carboxylic acids is 1. The van der Waals surface area contributed by atoms with Gasteiger partial charge < -0.3 is 14.4 Å². The van der Waals surface area contributed by atoms with E-state index in [1.807, 2.05) is 0 Å². The van der Waals surface area contributed by atoms with Crippen molar-refractivity contribution in [2.45, 2.75) is 6.04 Å². The molecular formula is C15H14ClNO4. The van der Waals surface area contributed by atoms with Crippen LogP contribution < -0.4 is 0 Å². The van der Waals surface area contributed by atoms with Crippen LogP contribution in [0.1, 0.15) is 10.4 Å². The van der Waals surface area contributed by atoms with Crippen molar-refractivity contribution in [3.05, 3.63) is 35.0 Å². The zero-order valence-corrected chi connectivity index (χ0v) is 12.3. The minimum Gasteiger partial charge on any atom is -0.481 e. The number of hydrogen-bond acceptors (Lipinski definition) is 4. The molecule has 0 spiro atoms. The fourth-order valence-electron chi connectivity index (χ4n) is 2.93. The highest BCUT2D eigenvalue weighted by Crippen LogP contribution is 2.45. The van der Waals surface area contributed by atoms with Gasteiger partial charge in [-0.1, -0.05) is 11.6 Å². The van der Waals surface area contributed by atoms with Crippen LogP contribution in [0.5, 0.6) is 0 Å². The van der Waals surface area contributed by atoms with E-state index in [9.17, 15) is 14.7 Å². The van der Waals surface area contributed by atoms with E-state index < -0.39 is 17.8 Å². The highest BCUT2D eigenvalue weighted by atomic mass is 35.5. The van der Waals surface area contributed by atoms with Gasteiger partial charge in [0.05, 0.1) is 23.1 Å². The van der Waals surface area contributed by atoms with Gasteiger partial charge in [-0.25, -0.2) is 0 Å². The maximum atomic E-state index is 12.6. The van der Waals surface area contributed by atoms with E-state index in [1.165, 1.54) is 6.26 Å². The van der Waals surface area contributed by atoms with Gasteiger partial charge in [0.1, 0.15) is 0 Å². The van der Waals surface area contributed by atoms with Crippen LogP contribution in [0, 0.1) is 11.8 Å². The maximum Gasteiger partial charge on any atom is 0.308 e. The van der Waals surface area contributed by atoms with E-state index in [2.05, 4.69) is 0 Å². The van der Waals surface area contributed by atoms with Gasteiger partial charge in [-0.15, -0.1) is 0 Å². The van der Waals surface area contributed by atoms with Crippen molar-refractivity contribution in [1.29, 1.82) is 0 Å². The molecule has 1 aliphatic rings. The molecule has 5 nitrogen and oxygen atoms in total. The topological polar surface area (TPSA) is 70.8 Å². The Labute approximate surface area is 126 Å². The first kappa shape index (κ1) is 14.1.